The summed E-state index contributed by atoms with van der Waals surface area (Å²) in [5.74, 6) is 0.754. The highest BCUT2D eigenvalue weighted by Crippen LogP contribution is 2.27. The first-order valence-corrected chi connectivity index (χ1v) is 7.66. The minimum atomic E-state index is 0.575. The fraction of sp³-hybridized carbons (Fsp3) is 0.714. The SMILES string of the molecule is CCNC1CCN(C(C)c2ccsc2)CC1C. The van der Waals surface area contributed by atoms with E-state index in [-0.39, 0.29) is 0 Å². The summed E-state index contributed by atoms with van der Waals surface area (Å²) in [7, 11) is 0. The number of likely N-dealkylation sites (tertiary alicyclic amines) is 1. The molecule has 3 atom stereocenters. The van der Waals surface area contributed by atoms with Gasteiger partial charge in [-0.1, -0.05) is 13.8 Å². The zero-order valence-electron chi connectivity index (χ0n) is 11.1. The molecule has 3 unspecified atom stereocenters. The van der Waals surface area contributed by atoms with Gasteiger partial charge in [0.15, 0.2) is 0 Å². The van der Waals surface area contributed by atoms with E-state index in [4.69, 9.17) is 0 Å². The number of rotatable bonds is 4. The number of nitrogens with zero attached hydrogens (tertiary/aromatic N) is 1. The first-order chi connectivity index (χ1) is 8.22. The molecule has 1 aliphatic rings. The highest BCUT2D eigenvalue weighted by Gasteiger charge is 2.28. The Hall–Kier alpha value is -0.380. The van der Waals surface area contributed by atoms with E-state index in [9.17, 15) is 0 Å². The van der Waals surface area contributed by atoms with Crippen molar-refractivity contribution in [3.8, 4) is 0 Å². The van der Waals surface area contributed by atoms with Crippen LogP contribution in [0.5, 0.6) is 0 Å². The van der Waals surface area contributed by atoms with Crippen LogP contribution in [0.2, 0.25) is 0 Å². The largest absolute Gasteiger partial charge is 0.314 e. The number of hydrogen-bond acceptors (Lipinski definition) is 3. The van der Waals surface area contributed by atoms with E-state index in [2.05, 4.69) is 47.8 Å². The van der Waals surface area contributed by atoms with Crippen LogP contribution in [0.3, 0.4) is 0 Å². The van der Waals surface area contributed by atoms with Crippen molar-refractivity contribution in [1.82, 2.24) is 10.2 Å². The van der Waals surface area contributed by atoms with Crippen LogP contribution >= 0.6 is 11.3 Å². The molecule has 2 nitrogen and oxygen atoms in total. The van der Waals surface area contributed by atoms with Crippen LogP contribution in [-0.2, 0) is 0 Å². The Bertz CT molecular complexity index is 323. The number of hydrogen-bond donors (Lipinski definition) is 1. The number of thiophene rings is 1. The zero-order chi connectivity index (χ0) is 12.3. The van der Waals surface area contributed by atoms with E-state index in [0.29, 0.717) is 12.1 Å². The van der Waals surface area contributed by atoms with Crippen molar-refractivity contribution in [3.63, 3.8) is 0 Å². The maximum Gasteiger partial charge on any atom is 0.0328 e. The molecule has 3 heteroatoms. The number of nitrogens with one attached hydrogen (secondary N) is 1. The van der Waals surface area contributed by atoms with E-state index in [1.807, 2.05) is 0 Å². The molecule has 17 heavy (non-hydrogen) atoms. The fourth-order valence-electron chi connectivity index (χ4n) is 2.82. The summed E-state index contributed by atoms with van der Waals surface area (Å²) in [6.07, 6.45) is 1.28. The lowest BCUT2D eigenvalue weighted by molar-refractivity contribution is 0.112. The highest BCUT2D eigenvalue weighted by molar-refractivity contribution is 7.07. The third-order valence-electron chi connectivity index (χ3n) is 3.98. The Balaban J connectivity index is 1.93. The van der Waals surface area contributed by atoms with Gasteiger partial charge in [0.25, 0.3) is 0 Å². The van der Waals surface area contributed by atoms with Crippen LogP contribution in [0.15, 0.2) is 16.8 Å². The monoisotopic (exact) mass is 252 g/mol. The van der Waals surface area contributed by atoms with Crippen LogP contribution in [-0.4, -0.2) is 30.6 Å². The van der Waals surface area contributed by atoms with Gasteiger partial charge in [-0.3, -0.25) is 4.90 Å². The van der Waals surface area contributed by atoms with Crippen molar-refractivity contribution < 1.29 is 0 Å². The van der Waals surface area contributed by atoms with Crippen molar-refractivity contribution >= 4 is 11.3 Å². The third kappa shape index (κ3) is 3.09. The molecule has 1 saturated heterocycles. The zero-order valence-corrected chi connectivity index (χ0v) is 12.0. The molecule has 2 heterocycles. The van der Waals surface area contributed by atoms with Crippen molar-refractivity contribution in [2.24, 2.45) is 5.92 Å². The lowest BCUT2D eigenvalue weighted by atomic mass is 9.92. The molecular formula is C14H24N2S. The lowest BCUT2D eigenvalue weighted by Gasteiger charge is -2.40. The Morgan fingerprint density at radius 1 is 1.59 bits per heavy atom. The van der Waals surface area contributed by atoms with Crippen LogP contribution < -0.4 is 5.32 Å². The minimum absolute atomic E-state index is 0.575. The average molecular weight is 252 g/mol. The second-order valence-electron chi connectivity index (χ2n) is 5.16. The molecule has 1 aromatic heterocycles. The van der Waals surface area contributed by atoms with Crippen molar-refractivity contribution in [1.29, 1.82) is 0 Å². The summed E-state index contributed by atoms with van der Waals surface area (Å²) >= 11 is 1.80. The summed E-state index contributed by atoms with van der Waals surface area (Å²) in [4.78, 5) is 2.63. The van der Waals surface area contributed by atoms with Gasteiger partial charge in [-0.15, -0.1) is 0 Å². The van der Waals surface area contributed by atoms with Crippen LogP contribution in [0.4, 0.5) is 0 Å². The first-order valence-electron chi connectivity index (χ1n) is 6.72. The van der Waals surface area contributed by atoms with Gasteiger partial charge in [0, 0.05) is 25.2 Å². The Labute approximate surface area is 109 Å². The molecule has 1 fully saturated rings. The van der Waals surface area contributed by atoms with E-state index < -0.39 is 0 Å². The first kappa shape index (κ1) is 13.1. The van der Waals surface area contributed by atoms with Gasteiger partial charge in [-0.05, 0) is 48.2 Å². The summed E-state index contributed by atoms with van der Waals surface area (Å²) in [6, 6.07) is 3.55. The van der Waals surface area contributed by atoms with Gasteiger partial charge in [-0.2, -0.15) is 11.3 Å². The van der Waals surface area contributed by atoms with Gasteiger partial charge >= 0.3 is 0 Å². The molecule has 0 spiro atoms. The third-order valence-corrected chi connectivity index (χ3v) is 4.68. The Kier molecular flexibility index (Phi) is 4.60. The Morgan fingerprint density at radius 3 is 3.00 bits per heavy atom. The van der Waals surface area contributed by atoms with E-state index in [1.54, 1.807) is 11.3 Å². The van der Waals surface area contributed by atoms with Crippen molar-refractivity contribution in [2.75, 3.05) is 19.6 Å². The second-order valence-corrected chi connectivity index (χ2v) is 5.94. The minimum Gasteiger partial charge on any atom is -0.314 e. The second kappa shape index (κ2) is 5.98. The van der Waals surface area contributed by atoms with Crippen LogP contribution in [0, 0.1) is 5.92 Å². The van der Waals surface area contributed by atoms with Crippen molar-refractivity contribution in [3.05, 3.63) is 22.4 Å². The Morgan fingerprint density at radius 2 is 2.41 bits per heavy atom. The van der Waals surface area contributed by atoms with Gasteiger partial charge in [0.1, 0.15) is 0 Å². The number of piperidine rings is 1. The maximum absolute atomic E-state index is 3.60. The molecule has 2 rings (SSSR count). The molecule has 1 aromatic rings. The average Bonchev–Trinajstić information content (AvgIpc) is 2.84. The standard InChI is InChI=1S/C14H24N2S/c1-4-15-14-5-7-16(9-11(14)2)12(3)13-6-8-17-10-13/h6,8,10-12,14-15H,4-5,7,9H2,1-3H3. The molecule has 96 valence electrons. The van der Waals surface area contributed by atoms with Gasteiger partial charge in [0.2, 0.25) is 0 Å². The molecule has 0 bridgehead atoms. The van der Waals surface area contributed by atoms with Crippen molar-refractivity contribution in [2.45, 2.75) is 39.3 Å². The molecular weight excluding hydrogens is 228 g/mol. The summed E-state index contributed by atoms with van der Waals surface area (Å²) in [5.41, 5.74) is 1.48. The van der Waals surface area contributed by atoms with Gasteiger partial charge in [-0.25, -0.2) is 0 Å². The maximum atomic E-state index is 3.60. The van der Waals surface area contributed by atoms with E-state index in [1.165, 1.54) is 25.1 Å². The fourth-order valence-corrected chi connectivity index (χ4v) is 3.57. The van der Waals surface area contributed by atoms with Gasteiger partial charge < -0.3 is 5.32 Å². The van der Waals surface area contributed by atoms with Gasteiger partial charge in [0.05, 0.1) is 0 Å². The lowest BCUT2D eigenvalue weighted by Crippen LogP contribution is -2.48. The predicted molar refractivity (Wildman–Crippen MR) is 75.6 cm³/mol. The van der Waals surface area contributed by atoms with Crippen LogP contribution in [0.1, 0.15) is 38.8 Å². The van der Waals surface area contributed by atoms with E-state index in [0.717, 1.165) is 12.5 Å². The highest BCUT2D eigenvalue weighted by atomic mass is 32.1. The quantitative estimate of drug-likeness (QED) is 0.885. The van der Waals surface area contributed by atoms with Crippen LogP contribution in [0.25, 0.3) is 0 Å². The molecule has 0 radical (unpaired) electrons. The molecule has 0 aromatic carbocycles. The summed E-state index contributed by atoms with van der Waals surface area (Å²) in [5, 5.41) is 8.07. The smallest absolute Gasteiger partial charge is 0.0328 e. The topological polar surface area (TPSA) is 15.3 Å². The molecule has 0 saturated carbocycles. The molecule has 1 N–H and O–H groups in total. The predicted octanol–water partition coefficient (Wildman–Crippen LogP) is 3.13. The molecule has 0 amide bonds. The van der Waals surface area contributed by atoms with E-state index >= 15 is 0 Å². The molecule has 0 aliphatic carbocycles. The normalized spacial score (nSPS) is 28.2. The summed E-state index contributed by atoms with van der Waals surface area (Å²) < 4.78 is 0. The molecule has 1 aliphatic heterocycles. The summed E-state index contributed by atoms with van der Waals surface area (Å²) in [6.45, 7) is 10.4.